The Hall–Kier alpha value is -3.80. The second-order valence-corrected chi connectivity index (χ2v) is 8.70. The minimum Gasteiger partial charge on any atom is -0.484 e. The van der Waals surface area contributed by atoms with Gasteiger partial charge in [-0.25, -0.2) is 4.39 Å². The average molecular weight is 522 g/mol. The molecule has 2 amide bonds. The number of carbonyl (C=O) groups excluding carboxylic acids is 2. The van der Waals surface area contributed by atoms with E-state index in [2.05, 4.69) is 25.7 Å². The number of fused-ring (bicyclic) bond motifs is 1. The third-order valence-corrected chi connectivity index (χ3v) is 6.11. The number of halogens is 4. The molecule has 0 saturated carbocycles. The molecular weight excluding hydrogens is 496 g/mol. The van der Waals surface area contributed by atoms with Gasteiger partial charge in [0.05, 0.1) is 0 Å². The van der Waals surface area contributed by atoms with E-state index in [0.717, 1.165) is 28.6 Å². The number of H-pyrrole nitrogens is 1. The van der Waals surface area contributed by atoms with E-state index in [9.17, 15) is 27.2 Å². The summed E-state index contributed by atoms with van der Waals surface area (Å²) in [6, 6.07) is 9.10. The van der Waals surface area contributed by atoms with E-state index in [-0.39, 0.29) is 24.0 Å². The maximum absolute atomic E-state index is 13.6. The predicted octanol–water partition coefficient (Wildman–Crippen LogP) is 3.18. The van der Waals surface area contributed by atoms with Gasteiger partial charge in [0.2, 0.25) is 5.91 Å². The Labute approximate surface area is 209 Å². The number of amides is 2. The number of nitrogens with one attached hydrogen (secondary N) is 4. The molecule has 1 aliphatic rings. The number of carbonyl (C=O) groups is 2. The van der Waals surface area contributed by atoms with Crippen LogP contribution >= 0.6 is 0 Å². The molecule has 4 N–H and O–H groups in total. The molecule has 198 valence electrons. The Bertz CT molecular complexity index is 1240. The maximum Gasteiger partial charge on any atom is 0.573 e. The largest absolute Gasteiger partial charge is 0.573 e. The van der Waals surface area contributed by atoms with Crippen LogP contribution in [0.2, 0.25) is 0 Å². The lowest BCUT2D eigenvalue weighted by atomic mass is 9.87. The molecule has 1 fully saturated rings. The van der Waals surface area contributed by atoms with Gasteiger partial charge in [-0.1, -0.05) is 0 Å². The van der Waals surface area contributed by atoms with E-state index in [0.29, 0.717) is 32.4 Å². The second-order valence-electron chi connectivity index (χ2n) is 8.70. The molecule has 0 bridgehead atoms. The van der Waals surface area contributed by atoms with E-state index in [1.165, 1.54) is 24.3 Å². The van der Waals surface area contributed by atoms with Crippen molar-refractivity contribution in [3.63, 3.8) is 0 Å². The first-order valence-electron chi connectivity index (χ1n) is 11.7. The lowest BCUT2D eigenvalue weighted by Gasteiger charge is -2.37. The first kappa shape index (κ1) is 26.3. The first-order chi connectivity index (χ1) is 17.6. The van der Waals surface area contributed by atoms with Gasteiger partial charge in [-0.2, -0.15) is 0 Å². The normalized spacial score (nSPS) is 15.2. The molecule has 1 saturated heterocycles. The molecule has 12 heteroatoms. The summed E-state index contributed by atoms with van der Waals surface area (Å²) in [6.07, 6.45) is -1.83. The lowest BCUT2D eigenvalue weighted by molar-refractivity contribution is -0.274. The highest BCUT2D eigenvalue weighted by molar-refractivity contribution is 5.92. The molecule has 0 radical (unpaired) electrons. The van der Waals surface area contributed by atoms with Gasteiger partial charge in [-0.05, 0) is 80.4 Å². The van der Waals surface area contributed by atoms with Crippen molar-refractivity contribution in [2.45, 2.75) is 31.2 Å². The Morgan fingerprint density at radius 2 is 1.73 bits per heavy atom. The lowest BCUT2D eigenvalue weighted by Crippen LogP contribution is -2.63. The number of hydrogen-bond acceptors (Lipinski definition) is 5. The van der Waals surface area contributed by atoms with Gasteiger partial charge >= 0.3 is 6.36 Å². The highest BCUT2D eigenvalue weighted by Crippen LogP contribution is 2.25. The van der Waals surface area contributed by atoms with Crippen molar-refractivity contribution in [3.8, 4) is 11.5 Å². The van der Waals surface area contributed by atoms with Crippen LogP contribution in [0.25, 0.3) is 10.9 Å². The fourth-order valence-corrected chi connectivity index (χ4v) is 4.29. The molecule has 0 atom stereocenters. The molecular formula is C25H26F4N4O4. The maximum atomic E-state index is 13.6. The third kappa shape index (κ3) is 6.91. The molecule has 4 rings (SSSR count). The predicted molar refractivity (Wildman–Crippen MR) is 127 cm³/mol. The van der Waals surface area contributed by atoms with Crippen LogP contribution in [0.3, 0.4) is 0 Å². The van der Waals surface area contributed by atoms with Crippen LogP contribution in [0.1, 0.15) is 18.4 Å². The van der Waals surface area contributed by atoms with Gasteiger partial charge in [0.25, 0.3) is 5.91 Å². The van der Waals surface area contributed by atoms with Gasteiger partial charge in [0.1, 0.15) is 22.9 Å². The van der Waals surface area contributed by atoms with Gasteiger partial charge < -0.3 is 30.4 Å². The molecule has 8 nitrogen and oxygen atoms in total. The minimum atomic E-state index is -4.81. The Morgan fingerprint density at radius 1 is 1.03 bits per heavy atom. The van der Waals surface area contributed by atoms with Crippen molar-refractivity contribution in [3.05, 3.63) is 60.0 Å². The van der Waals surface area contributed by atoms with Crippen molar-refractivity contribution in [1.82, 2.24) is 20.9 Å². The Kier molecular flexibility index (Phi) is 7.86. The van der Waals surface area contributed by atoms with E-state index in [4.69, 9.17) is 4.74 Å². The third-order valence-electron chi connectivity index (χ3n) is 6.11. The summed E-state index contributed by atoms with van der Waals surface area (Å²) < 4.78 is 59.7. The number of aromatic amines is 1. The van der Waals surface area contributed by atoms with Crippen LogP contribution in [0.5, 0.6) is 11.5 Å². The quantitative estimate of drug-likeness (QED) is 0.323. The van der Waals surface area contributed by atoms with E-state index < -0.39 is 30.2 Å². The zero-order chi connectivity index (χ0) is 26.5. The molecule has 1 aromatic heterocycles. The van der Waals surface area contributed by atoms with Gasteiger partial charge in [0, 0.05) is 23.6 Å². The summed E-state index contributed by atoms with van der Waals surface area (Å²) in [5, 5.41) is 9.56. The second kappa shape index (κ2) is 11.1. The van der Waals surface area contributed by atoms with Crippen molar-refractivity contribution in [1.29, 1.82) is 0 Å². The number of piperidine rings is 1. The molecule has 0 unspecified atom stereocenters. The van der Waals surface area contributed by atoms with Crippen molar-refractivity contribution in [2.75, 3.05) is 26.2 Å². The molecule has 3 aromatic rings. The van der Waals surface area contributed by atoms with E-state index in [1.807, 2.05) is 0 Å². The van der Waals surface area contributed by atoms with Crippen molar-refractivity contribution < 1.29 is 36.6 Å². The number of hydrogen-bond donors (Lipinski definition) is 4. The summed E-state index contributed by atoms with van der Waals surface area (Å²) >= 11 is 0. The molecule has 2 heterocycles. The van der Waals surface area contributed by atoms with Crippen LogP contribution in [0.4, 0.5) is 17.6 Å². The average Bonchev–Trinajstić information content (AvgIpc) is 3.25. The smallest absolute Gasteiger partial charge is 0.484 e. The monoisotopic (exact) mass is 522 g/mol. The number of aromatic nitrogens is 1. The summed E-state index contributed by atoms with van der Waals surface area (Å²) in [6.45, 7) is 0.910. The highest BCUT2D eigenvalue weighted by atomic mass is 19.4. The van der Waals surface area contributed by atoms with E-state index >= 15 is 0 Å². The minimum absolute atomic E-state index is 0.170. The zero-order valence-corrected chi connectivity index (χ0v) is 19.7. The standard InChI is InChI=1S/C25H26F4N4O4/c26-17-1-6-21-20(13-17)16(14-32-21)7-10-31-23(35)24(8-11-30-12-9-24)33-22(34)15-36-18-2-4-19(5-3-18)37-25(27,28)29/h1-6,13-14,30,32H,7-12,15H2,(H,31,35)(H,33,34). The highest BCUT2D eigenvalue weighted by Gasteiger charge is 2.40. The molecule has 37 heavy (non-hydrogen) atoms. The zero-order valence-electron chi connectivity index (χ0n) is 19.7. The van der Waals surface area contributed by atoms with Crippen LogP contribution in [-0.4, -0.2) is 54.9 Å². The molecule has 0 aliphatic carbocycles. The fourth-order valence-electron chi connectivity index (χ4n) is 4.29. The molecule has 2 aromatic carbocycles. The summed E-state index contributed by atoms with van der Waals surface area (Å²) in [7, 11) is 0. The van der Waals surface area contributed by atoms with Crippen LogP contribution < -0.4 is 25.4 Å². The topological polar surface area (TPSA) is 104 Å². The fraction of sp³-hybridized carbons (Fsp3) is 0.360. The number of alkyl halides is 3. The van der Waals surface area contributed by atoms with Crippen LogP contribution in [0.15, 0.2) is 48.7 Å². The van der Waals surface area contributed by atoms with Crippen LogP contribution in [0, 0.1) is 5.82 Å². The number of ether oxygens (including phenoxy) is 2. The van der Waals surface area contributed by atoms with Gasteiger partial charge in [-0.3, -0.25) is 9.59 Å². The van der Waals surface area contributed by atoms with Gasteiger partial charge in [-0.15, -0.1) is 13.2 Å². The number of rotatable bonds is 9. The summed E-state index contributed by atoms with van der Waals surface area (Å²) in [4.78, 5) is 28.9. The van der Waals surface area contributed by atoms with E-state index in [1.54, 1.807) is 12.3 Å². The Balaban J connectivity index is 1.32. The summed E-state index contributed by atoms with van der Waals surface area (Å²) in [5.41, 5.74) is 0.521. The van der Waals surface area contributed by atoms with Crippen molar-refractivity contribution >= 4 is 22.7 Å². The first-order valence-corrected chi connectivity index (χ1v) is 11.7. The van der Waals surface area contributed by atoms with Crippen molar-refractivity contribution in [2.24, 2.45) is 0 Å². The summed E-state index contributed by atoms with van der Waals surface area (Å²) in [5.74, 6) is -1.46. The SMILES string of the molecule is O=C(COc1ccc(OC(F)(F)F)cc1)NC1(C(=O)NCCc2c[nH]c3ccc(F)cc23)CCNCC1. The number of benzene rings is 2. The van der Waals surface area contributed by atoms with Crippen LogP contribution in [-0.2, 0) is 16.0 Å². The van der Waals surface area contributed by atoms with Gasteiger partial charge in [0.15, 0.2) is 6.61 Å². The molecule has 1 aliphatic heterocycles. The Morgan fingerprint density at radius 3 is 2.43 bits per heavy atom. The molecule has 0 spiro atoms.